The predicted molar refractivity (Wildman–Crippen MR) is 83.0 cm³/mol. The fourth-order valence-electron chi connectivity index (χ4n) is 1.73. The molecule has 2 N–H and O–H groups in total. The third-order valence-corrected chi connectivity index (χ3v) is 4.05. The highest BCUT2D eigenvalue weighted by Crippen LogP contribution is 2.21. The van der Waals surface area contributed by atoms with Gasteiger partial charge in [0.2, 0.25) is 15.9 Å². The predicted octanol–water partition coefficient (Wildman–Crippen LogP) is 1.99. The molecule has 0 fully saturated rings. The lowest BCUT2D eigenvalue weighted by Crippen LogP contribution is -2.28. The molecule has 6 heteroatoms. The largest absolute Gasteiger partial charge is 0.335 e. The van der Waals surface area contributed by atoms with E-state index in [1.807, 2.05) is 19.9 Å². The molecule has 1 amide bonds. The molecule has 0 aromatic heterocycles. The zero-order valence-corrected chi connectivity index (χ0v) is 13.2. The first-order chi connectivity index (χ1) is 9.77. The van der Waals surface area contributed by atoms with E-state index in [1.165, 1.54) is 23.1 Å². The number of carbonyl (C=O) groups excluding carboxylic acids is 1. The van der Waals surface area contributed by atoms with Crippen LogP contribution < -0.4 is 5.14 Å². The number of hydrogen-bond donors (Lipinski definition) is 1. The van der Waals surface area contributed by atoms with Crippen molar-refractivity contribution in [1.82, 2.24) is 4.90 Å². The van der Waals surface area contributed by atoms with Crippen molar-refractivity contribution in [2.24, 2.45) is 5.14 Å². The maximum absolute atomic E-state index is 12.0. The summed E-state index contributed by atoms with van der Waals surface area (Å²) < 4.78 is 22.7. The van der Waals surface area contributed by atoms with Gasteiger partial charge in [0, 0.05) is 13.1 Å². The Morgan fingerprint density at radius 2 is 2.00 bits per heavy atom. The monoisotopic (exact) mass is 308 g/mol. The lowest BCUT2D eigenvalue weighted by Gasteiger charge is -2.24. The Kier molecular flexibility index (Phi) is 5.87. The fraction of sp³-hybridized carbons (Fsp3) is 0.267. The summed E-state index contributed by atoms with van der Waals surface area (Å²) in [5.74, 6) is -0.165. The number of rotatable bonds is 5. The maximum atomic E-state index is 12.0. The first-order valence-electron chi connectivity index (χ1n) is 6.46. The standard InChI is InChI=1S/C15H20N2O3S/c1-4-5-6-10-15(18)17(3)12(2)13-8-7-9-14(11-13)21(16,19)20/h4-12H,1-3H3,(H2,16,19,20)/b5-4+,10-6-/t12-/m0/s1. The van der Waals surface area contributed by atoms with E-state index in [-0.39, 0.29) is 16.8 Å². The van der Waals surface area contributed by atoms with Crippen molar-refractivity contribution in [3.63, 3.8) is 0 Å². The van der Waals surface area contributed by atoms with E-state index in [0.717, 1.165) is 0 Å². The number of likely N-dealkylation sites (N-methyl/N-ethyl adjacent to an activating group) is 1. The topological polar surface area (TPSA) is 80.5 Å². The molecule has 0 aliphatic heterocycles. The quantitative estimate of drug-likeness (QED) is 0.667. The molecule has 1 aromatic carbocycles. The van der Waals surface area contributed by atoms with Gasteiger partial charge >= 0.3 is 0 Å². The van der Waals surface area contributed by atoms with Crippen molar-refractivity contribution in [1.29, 1.82) is 0 Å². The Morgan fingerprint density at radius 1 is 1.33 bits per heavy atom. The second kappa shape index (κ2) is 7.19. The molecule has 0 saturated heterocycles. The molecule has 0 unspecified atom stereocenters. The Labute approximate surface area is 125 Å². The number of allylic oxidation sites excluding steroid dienone is 3. The highest BCUT2D eigenvalue weighted by Gasteiger charge is 2.17. The van der Waals surface area contributed by atoms with Crippen molar-refractivity contribution in [2.75, 3.05) is 7.05 Å². The molecule has 114 valence electrons. The summed E-state index contributed by atoms with van der Waals surface area (Å²) >= 11 is 0. The van der Waals surface area contributed by atoms with Crippen LogP contribution in [0.1, 0.15) is 25.5 Å². The van der Waals surface area contributed by atoms with Crippen LogP contribution in [0, 0.1) is 0 Å². The van der Waals surface area contributed by atoms with E-state index in [0.29, 0.717) is 5.56 Å². The molecule has 21 heavy (non-hydrogen) atoms. The van der Waals surface area contributed by atoms with Crippen LogP contribution in [-0.2, 0) is 14.8 Å². The van der Waals surface area contributed by atoms with Gasteiger partial charge < -0.3 is 4.90 Å². The minimum absolute atomic E-state index is 0.0390. The molecule has 1 rings (SSSR count). The molecule has 1 aromatic rings. The Morgan fingerprint density at radius 3 is 2.57 bits per heavy atom. The van der Waals surface area contributed by atoms with Gasteiger partial charge in [0.05, 0.1) is 10.9 Å². The molecule has 0 aliphatic carbocycles. The van der Waals surface area contributed by atoms with E-state index in [2.05, 4.69) is 0 Å². The van der Waals surface area contributed by atoms with Crippen LogP contribution >= 0.6 is 0 Å². The van der Waals surface area contributed by atoms with E-state index in [9.17, 15) is 13.2 Å². The van der Waals surface area contributed by atoms with E-state index in [1.54, 1.807) is 31.3 Å². The number of amides is 1. The molecular weight excluding hydrogens is 288 g/mol. The number of sulfonamides is 1. The molecular formula is C15H20N2O3S. The second-order valence-electron chi connectivity index (χ2n) is 4.63. The number of nitrogens with zero attached hydrogens (tertiary/aromatic N) is 1. The number of primary sulfonamides is 1. The average Bonchev–Trinajstić information content (AvgIpc) is 2.45. The van der Waals surface area contributed by atoms with Crippen molar-refractivity contribution < 1.29 is 13.2 Å². The number of carbonyl (C=O) groups is 1. The van der Waals surface area contributed by atoms with Crippen LogP contribution in [0.5, 0.6) is 0 Å². The van der Waals surface area contributed by atoms with Gasteiger partial charge in [-0.3, -0.25) is 4.79 Å². The van der Waals surface area contributed by atoms with Crippen molar-refractivity contribution in [2.45, 2.75) is 24.8 Å². The molecule has 0 spiro atoms. The molecule has 1 atom stereocenters. The van der Waals surface area contributed by atoms with Crippen LogP contribution in [0.2, 0.25) is 0 Å². The van der Waals surface area contributed by atoms with Gasteiger partial charge in [-0.2, -0.15) is 0 Å². The van der Waals surface area contributed by atoms with E-state index < -0.39 is 10.0 Å². The van der Waals surface area contributed by atoms with Crippen molar-refractivity contribution in [3.05, 3.63) is 54.1 Å². The van der Waals surface area contributed by atoms with E-state index in [4.69, 9.17) is 5.14 Å². The minimum atomic E-state index is -3.75. The van der Waals surface area contributed by atoms with Crippen molar-refractivity contribution in [3.8, 4) is 0 Å². The van der Waals surface area contributed by atoms with Gasteiger partial charge in [-0.15, -0.1) is 0 Å². The maximum Gasteiger partial charge on any atom is 0.246 e. The normalized spacial score (nSPS) is 13.7. The molecule has 0 bridgehead atoms. The molecule has 0 heterocycles. The lowest BCUT2D eigenvalue weighted by molar-refractivity contribution is -0.126. The smallest absolute Gasteiger partial charge is 0.246 e. The summed E-state index contributed by atoms with van der Waals surface area (Å²) in [5, 5.41) is 5.12. The van der Waals surface area contributed by atoms with Gasteiger partial charge in [0.25, 0.3) is 0 Å². The summed E-state index contributed by atoms with van der Waals surface area (Å²) in [6.45, 7) is 3.68. The van der Waals surface area contributed by atoms with Gasteiger partial charge in [-0.05, 0) is 31.5 Å². The van der Waals surface area contributed by atoms with Crippen LogP contribution in [-0.4, -0.2) is 26.3 Å². The first-order valence-corrected chi connectivity index (χ1v) is 8.01. The molecule has 0 aliphatic rings. The number of hydrogen-bond acceptors (Lipinski definition) is 3. The average molecular weight is 308 g/mol. The Bertz CT molecular complexity index is 663. The van der Waals surface area contributed by atoms with Crippen LogP contribution in [0.25, 0.3) is 0 Å². The third-order valence-electron chi connectivity index (χ3n) is 3.14. The van der Waals surface area contributed by atoms with Crippen LogP contribution in [0.15, 0.2) is 53.5 Å². The fourth-order valence-corrected chi connectivity index (χ4v) is 2.30. The highest BCUT2D eigenvalue weighted by molar-refractivity contribution is 7.89. The Hall–Kier alpha value is -1.92. The number of benzene rings is 1. The second-order valence-corrected chi connectivity index (χ2v) is 6.19. The molecule has 0 radical (unpaired) electrons. The van der Waals surface area contributed by atoms with Crippen molar-refractivity contribution >= 4 is 15.9 Å². The zero-order valence-electron chi connectivity index (χ0n) is 12.4. The third kappa shape index (κ3) is 4.84. The van der Waals surface area contributed by atoms with Crippen LogP contribution in [0.3, 0.4) is 0 Å². The minimum Gasteiger partial charge on any atom is -0.335 e. The van der Waals surface area contributed by atoms with Crippen LogP contribution in [0.4, 0.5) is 0 Å². The zero-order chi connectivity index (χ0) is 16.0. The summed E-state index contributed by atoms with van der Waals surface area (Å²) in [6, 6.07) is 6.02. The first kappa shape index (κ1) is 17.1. The SMILES string of the molecule is C/C=C/C=C\C(=O)N(C)[C@@H](C)c1cccc(S(N)(=O)=O)c1. The number of nitrogens with two attached hydrogens (primary N) is 1. The lowest BCUT2D eigenvalue weighted by atomic mass is 10.1. The summed E-state index contributed by atoms with van der Waals surface area (Å²) in [6.07, 6.45) is 6.70. The molecule has 0 saturated carbocycles. The van der Waals surface area contributed by atoms with Gasteiger partial charge in [0.1, 0.15) is 0 Å². The van der Waals surface area contributed by atoms with Gasteiger partial charge in [-0.25, -0.2) is 13.6 Å². The highest BCUT2D eigenvalue weighted by atomic mass is 32.2. The molecule has 5 nitrogen and oxygen atoms in total. The Balaban J connectivity index is 2.98. The summed E-state index contributed by atoms with van der Waals surface area (Å²) in [4.78, 5) is 13.5. The van der Waals surface area contributed by atoms with E-state index >= 15 is 0 Å². The van der Waals surface area contributed by atoms with Gasteiger partial charge in [0.15, 0.2) is 0 Å². The van der Waals surface area contributed by atoms with Gasteiger partial charge in [-0.1, -0.05) is 30.4 Å². The summed E-state index contributed by atoms with van der Waals surface area (Å²) in [7, 11) is -2.09. The summed E-state index contributed by atoms with van der Waals surface area (Å²) in [5.41, 5.74) is 0.705.